The van der Waals surface area contributed by atoms with E-state index in [0.29, 0.717) is 5.69 Å². The molecule has 0 radical (unpaired) electrons. The van der Waals surface area contributed by atoms with E-state index >= 15 is 0 Å². The lowest BCUT2D eigenvalue weighted by atomic mass is 10.1. The van der Waals surface area contributed by atoms with Gasteiger partial charge in [-0.25, -0.2) is 13.6 Å². The van der Waals surface area contributed by atoms with Crippen LogP contribution in [0.5, 0.6) is 0 Å². The van der Waals surface area contributed by atoms with E-state index in [0.717, 1.165) is 18.2 Å². The fourth-order valence-corrected chi connectivity index (χ4v) is 2.27. The number of carbonyl (C=O) groups is 2. The number of benzene rings is 2. The van der Waals surface area contributed by atoms with Gasteiger partial charge in [-0.2, -0.15) is 0 Å². The van der Waals surface area contributed by atoms with Crippen LogP contribution in [0.4, 0.5) is 14.5 Å². The standard InChI is InChI=1S/C17H14ClF2NO3/c1-24-17(23)13-9-12(4-5-14(13)18)21-16(22)7-2-10-8-11(19)3-6-15(10)20/h3-6,8-9H,2,7H2,1H3,(H,21,22). The van der Waals surface area contributed by atoms with E-state index in [1.54, 1.807) is 0 Å². The minimum Gasteiger partial charge on any atom is -0.465 e. The quantitative estimate of drug-likeness (QED) is 0.827. The molecule has 0 aromatic heterocycles. The van der Waals surface area contributed by atoms with Gasteiger partial charge in [0.2, 0.25) is 5.91 Å². The minimum absolute atomic E-state index is 0.0451. The first kappa shape index (κ1) is 17.9. The molecule has 2 aromatic rings. The highest BCUT2D eigenvalue weighted by atomic mass is 35.5. The second kappa shape index (κ2) is 7.88. The molecule has 2 rings (SSSR count). The van der Waals surface area contributed by atoms with Gasteiger partial charge in [-0.1, -0.05) is 11.6 Å². The Morgan fingerprint density at radius 2 is 1.92 bits per heavy atom. The van der Waals surface area contributed by atoms with Gasteiger partial charge in [0.25, 0.3) is 0 Å². The van der Waals surface area contributed by atoms with Gasteiger partial charge >= 0.3 is 5.97 Å². The number of amides is 1. The first-order chi connectivity index (χ1) is 11.4. The summed E-state index contributed by atoms with van der Waals surface area (Å²) in [6.07, 6.45) is 0.00341. The number of anilines is 1. The van der Waals surface area contributed by atoms with Crippen molar-refractivity contribution < 1.29 is 23.1 Å². The Bertz CT molecular complexity index is 780. The first-order valence-corrected chi connectivity index (χ1v) is 7.40. The molecular formula is C17H14ClF2NO3. The summed E-state index contributed by atoms with van der Waals surface area (Å²) >= 11 is 5.89. The van der Waals surface area contributed by atoms with Gasteiger partial charge in [0, 0.05) is 12.1 Å². The molecule has 0 unspecified atom stereocenters. The average Bonchev–Trinajstić information content (AvgIpc) is 2.56. The fraction of sp³-hybridized carbons (Fsp3) is 0.176. The smallest absolute Gasteiger partial charge is 0.339 e. The number of ether oxygens (including phenoxy) is 1. The van der Waals surface area contributed by atoms with Crippen LogP contribution >= 0.6 is 11.6 Å². The molecule has 0 aliphatic heterocycles. The summed E-state index contributed by atoms with van der Waals surface area (Å²) in [7, 11) is 1.22. The molecule has 4 nitrogen and oxygen atoms in total. The van der Waals surface area contributed by atoms with Crippen molar-refractivity contribution in [1.82, 2.24) is 0 Å². The summed E-state index contributed by atoms with van der Waals surface area (Å²) in [5.41, 5.74) is 0.592. The van der Waals surface area contributed by atoms with Crippen LogP contribution in [0.2, 0.25) is 5.02 Å². The Labute approximate surface area is 142 Å². The molecule has 2 aromatic carbocycles. The van der Waals surface area contributed by atoms with E-state index in [-0.39, 0.29) is 29.0 Å². The lowest BCUT2D eigenvalue weighted by molar-refractivity contribution is -0.116. The van der Waals surface area contributed by atoms with E-state index < -0.39 is 23.5 Å². The third-order valence-corrected chi connectivity index (χ3v) is 3.61. The highest BCUT2D eigenvalue weighted by molar-refractivity contribution is 6.33. The maximum atomic E-state index is 13.5. The SMILES string of the molecule is COC(=O)c1cc(NC(=O)CCc2cc(F)ccc2F)ccc1Cl. The molecule has 0 fully saturated rings. The van der Waals surface area contributed by atoms with Gasteiger partial charge in [-0.3, -0.25) is 4.79 Å². The van der Waals surface area contributed by atoms with Gasteiger partial charge in [-0.05, 0) is 48.4 Å². The molecule has 0 bridgehead atoms. The molecule has 1 N–H and O–H groups in total. The van der Waals surface area contributed by atoms with E-state index in [4.69, 9.17) is 11.6 Å². The molecule has 0 spiro atoms. The fourth-order valence-electron chi connectivity index (χ4n) is 2.08. The summed E-state index contributed by atoms with van der Waals surface area (Å²) in [5.74, 6) is -2.16. The molecule has 0 saturated heterocycles. The molecule has 0 aliphatic rings. The highest BCUT2D eigenvalue weighted by Gasteiger charge is 2.13. The van der Waals surface area contributed by atoms with Crippen LogP contribution in [0.1, 0.15) is 22.3 Å². The van der Waals surface area contributed by atoms with Gasteiger partial charge in [0.05, 0.1) is 17.7 Å². The zero-order valence-electron chi connectivity index (χ0n) is 12.7. The number of hydrogen-bond donors (Lipinski definition) is 1. The number of halogens is 3. The molecule has 0 heterocycles. The van der Waals surface area contributed by atoms with Crippen molar-refractivity contribution in [3.63, 3.8) is 0 Å². The number of aryl methyl sites for hydroxylation is 1. The largest absolute Gasteiger partial charge is 0.465 e. The summed E-state index contributed by atoms with van der Waals surface area (Å²) in [4.78, 5) is 23.5. The van der Waals surface area contributed by atoms with Crippen LogP contribution in [-0.4, -0.2) is 19.0 Å². The molecule has 7 heteroatoms. The van der Waals surface area contributed by atoms with Crippen molar-refractivity contribution in [2.24, 2.45) is 0 Å². The zero-order chi connectivity index (χ0) is 17.7. The summed E-state index contributed by atoms with van der Waals surface area (Å²) in [5, 5.41) is 2.77. The summed E-state index contributed by atoms with van der Waals surface area (Å²) in [6.45, 7) is 0. The molecule has 1 amide bonds. The van der Waals surface area contributed by atoms with Gasteiger partial charge in [-0.15, -0.1) is 0 Å². The van der Waals surface area contributed by atoms with Crippen LogP contribution in [0.25, 0.3) is 0 Å². The lowest BCUT2D eigenvalue weighted by Crippen LogP contribution is -2.13. The number of methoxy groups -OCH3 is 1. The molecular weight excluding hydrogens is 340 g/mol. The molecule has 126 valence electrons. The Morgan fingerprint density at radius 3 is 2.62 bits per heavy atom. The van der Waals surface area contributed by atoms with Crippen LogP contribution in [0.15, 0.2) is 36.4 Å². The number of nitrogens with one attached hydrogen (secondary N) is 1. The third kappa shape index (κ3) is 4.52. The number of carbonyl (C=O) groups excluding carboxylic acids is 2. The van der Waals surface area contributed by atoms with E-state index in [1.807, 2.05) is 0 Å². The maximum absolute atomic E-state index is 13.5. The molecule has 0 aliphatic carbocycles. The van der Waals surface area contributed by atoms with E-state index in [9.17, 15) is 18.4 Å². The maximum Gasteiger partial charge on any atom is 0.339 e. The van der Waals surface area contributed by atoms with Crippen LogP contribution < -0.4 is 5.32 Å². The highest BCUT2D eigenvalue weighted by Crippen LogP contribution is 2.21. The Balaban J connectivity index is 2.02. The minimum atomic E-state index is -0.627. The topological polar surface area (TPSA) is 55.4 Å². The van der Waals surface area contributed by atoms with Gasteiger partial charge in [0.1, 0.15) is 11.6 Å². The third-order valence-electron chi connectivity index (χ3n) is 3.28. The predicted octanol–water partition coefficient (Wildman–Crippen LogP) is 3.98. The number of hydrogen-bond acceptors (Lipinski definition) is 3. The van der Waals surface area contributed by atoms with Crippen LogP contribution in [0.3, 0.4) is 0 Å². The van der Waals surface area contributed by atoms with Gasteiger partial charge in [0.15, 0.2) is 0 Å². The lowest BCUT2D eigenvalue weighted by Gasteiger charge is -2.08. The Kier molecular flexibility index (Phi) is 5.87. The monoisotopic (exact) mass is 353 g/mol. The number of rotatable bonds is 5. The second-order valence-electron chi connectivity index (χ2n) is 4.97. The van der Waals surface area contributed by atoms with Crippen molar-refractivity contribution in [3.05, 3.63) is 64.2 Å². The average molecular weight is 354 g/mol. The zero-order valence-corrected chi connectivity index (χ0v) is 13.5. The van der Waals surface area contributed by atoms with Crippen LogP contribution in [0, 0.1) is 11.6 Å². The normalized spacial score (nSPS) is 10.3. The van der Waals surface area contributed by atoms with Crippen molar-refractivity contribution >= 4 is 29.2 Å². The van der Waals surface area contributed by atoms with E-state index in [1.165, 1.54) is 25.3 Å². The molecule has 0 atom stereocenters. The molecule has 0 saturated carbocycles. The summed E-state index contributed by atoms with van der Waals surface area (Å²) < 4.78 is 31.2. The van der Waals surface area contributed by atoms with E-state index in [2.05, 4.69) is 10.1 Å². The number of esters is 1. The van der Waals surface area contributed by atoms with Crippen molar-refractivity contribution in [1.29, 1.82) is 0 Å². The Hall–Kier alpha value is -2.47. The van der Waals surface area contributed by atoms with Crippen molar-refractivity contribution in [3.8, 4) is 0 Å². The summed E-state index contributed by atoms with van der Waals surface area (Å²) in [6, 6.07) is 7.45. The second-order valence-corrected chi connectivity index (χ2v) is 5.38. The van der Waals surface area contributed by atoms with Gasteiger partial charge < -0.3 is 10.1 Å². The van der Waals surface area contributed by atoms with Crippen molar-refractivity contribution in [2.75, 3.05) is 12.4 Å². The molecule has 24 heavy (non-hydrogen) atoms. The Morgan fingerprint density at radius 1 is 1.17 bits per heavy atom. The van der Waals surface area contributed by atoms with Crippen molar-refractivity contribution in [2.45, 2.75) is 12.8 Å². The first-order valence-electron chi connectivity index (χ1n) is 7.02. The van der Waals surface area contributed by atoms with Crippen LogP contribution in [-0.2, 0) is 16.0 Å². The predicted molar refractivity (Wildman–Crippen MR) is 86.1 cm³/mol.